The number of benzene rings is 2. The number of pyridine rings is 1. The summed E-state index contributed by atoms with van der Waals surface area (Å²) in [5.74, 6) is -1.11. The van der Waals surface area contributed by atoms with Gasteiger partial charge in [-0.05, 0) is 54.6 Å². The third-order valence-corrected chi connectivity index (χ3v) is 5.02. The Bertz CT molecular complexity index is 1400. The first-order valence-corrected chi connectivity index (χ1v) is 9.98. The van der Waals surface area contributed by atoms with E-state index in [1.54, 1.807) is 12.1 Å². The Morgan fingerprint density at radius 3 is 2.29 bits per heavy atom. The second-order valence-electron chi connectivity index (χ2n) is 7.39. The van der Waals surface area contributed by atoms with E-state index in [1.807, 2.05) is 0 Å². The van der Waals surface area contributed by atoms with Gasteiger partial charge >= 0.3 is 12.5 Å². The van der Waals surface area contributed by atoms with E-state index in [4.69, 9.17) is 0 Å². The van der Waals surface area contributed by atoms with Crippen molar-refractivity contribution in [2.24, 2.45) is 0 Å². The second kappa shape index (κ2) is 8.08. The number of aromatic nitrogens is 3. The van der Waals surface area contributed by atoms with Crippen LogP contribution in [0.15, 0.2) is 73.1 Å². The standard InChI is InChI=1S/C23H13F5N4O3/c24-22(25,26)14-1-4-16(5-2-14)32-18(13-7-9-29-10-8-13)12-17(31-32)21(33)30-15-3-6-19-20(11-15)35-23(27,28)34-19/h1-12H,(H,30,33). The molecule has 0 aliphatic carbocycles. The maximum absolute atomic E-state index is 13.2. The highest BCUT2D eigenvalue weighted by Gasteiger charge is 2.43. The molecular formula is C23H13F5N4O3. The van der Waals surface area contributed by atoms with Gasteiger partial charge in [-0.3, -0.25) is 9.78 Å². The number of carbonyl (C=O) groups excluding carboxylic acids is 1. The summed E-state index contributed by atoms with van der Waals surface area (Å²) in [6, 6.07) is 12.8. The van der Waals surface area contributed by atoms with Gasteiger partial charge in [-0.15, -0.1) is 8.78 Å². The Morgan fingerprint density at radius 1 is 0.914 bits per heavy atom. The number of fused-ring (bicyclic) bond motifs is 1. The molecule has 2 aromatic carbocycles. The van der Waals surface area contributed by atoms with Crippen LogP contribution in [0.4, 0.5) is 27.6 Å². The van der Waals surface area contributed by atoms with Crippen molar-refractivity contribution in [2.75, 3.05) is 5.32 Å². The highest BCUT2D eigenvalue weighted by Crippen LogP contribution is 2.42. The molecule has 4 aromatic rings. The molecule has 0 saturated heterocycles. The molecular weight excluding hydrogens is 475 g/mol. The molecule has 1 amide bonds. The number of anilines is 1. The third-order valence-electron chi connectivity index (χ3n) is 5.02. The maximum atomic E-state index is 13.2. The minimum atomic E-state index is -4.50. The van der Waals surface area contributed by atoms with Crippen LogP contribution in [-0.4, -0.2) is 27.0 Å². The van der Waals surface area contributed by atoms with Gasteiger partial charge in [0, 0.05) is 29.7 Å². The first kappa shape index (κ1) is 22.3. The van der Waals surface area contributed by atoms with Crippen LogP contribution in [-0.2, 0) is 6.18 Å². The lowest BCUT2D eigenvalue weighted by molar-refractivity contribution is -0.286. The fraction of sp³-hybridized carbons (Fsp3) is 0.0870. The molecule has 3 heterocycles. The number of alkyl halides is 5. The van der Waals surface area contributed by atoms with E-state index < -0.39 is 23.9 Å². The molecule has 0 saturated carbocycles. The molecule has 35 heavy (non-hydrogen) atoms. The average molecular weight is 488 g/mol. The van der Waals surface area contributed by atoms with Crippen LogP contribution < -0.4 is 14.8 Å². The zero-order valence-corrected chi connectivity index (χ0v) is 17.4. The molecule has 0 atom stereocenters. The van der Waals surface area contributed by atoms with Gasteiger partial charge in [0.2, 0.25) is 0 Å². The van der Waals surface area contributed by atoms with Gasteiger partial charge in [0.15, 0.2) is 17.2 Å². The summed E-state index contributed by atoms with van der Waals surface area (Å²) < 4.78 is 75.4. The van der Waals surface area contributed by atoms with Gasteiger partial charge in [0.1, 0.15) is 0 Å². The van der Waals surface area contributed by atoms with E-state index in [0.717, 1.165) is 12.1 Å². The van der Waals surface area contributed by atoms with Crippen LogP contribution in [0, 0.1) is 0 Å². The Hall–Kier alpha value is -4.48. The zero-order chi connectivity index (χ0) is 24.8. The predicted octanol–water partition coefficient (Wildman–Crippen LogP) is 5.53. The summed E-state index contributed by atoms with van der Waals surface area (Å²) in [5.41, 5.74) is 0.558. The van der Waals surface area contributed by atoms with E-state index >= 15 is 0 Å². The number of hydrogen-bond donors (Lipinski definition) is 1. The number of rotatable bonds is 4. The molecule has 12 heteroatoms. The highest BCUT2D eigenvalue weighted by atomic mass is 19.4. The lowest BCUT2D eigenvalue weighted by atomic mass is 10.1. The lowest BCUT2D eigenvalue weighted by Crippen LogP contribution is -2.25. The molecule has 5 rings (SSSR count). The van der Waals surface area contributed by atoms with E-state index in [0.29, 0.717) is 11.3 Å². The van der Waals surface area contributed by atoms with Gasteiger partial charge in [-0.1, -0.05) is 0 Å². The van der Waals surface area contributed by atoms with Gasteiger partial charge < -0.3 is 14.8 Å². The second-order valence-corrected chi connectivity index (χ2v) is 7.39. The molecule has 1 N–H and O–H groups in total. The fourth-order valence-electron chi connectivity index (χ4n) is 3.43. The normalized spacial score (nSPS) is 14.1. The van der Waals surface area contributed by atoms with Crippen LogP contribution in [0.3, 0.4) is 0 Å². The molecule has 0 radical (unpaired) electrons. The quantitative estimate of drug-likeness (QED) is 0.383. The van der Waals surface area contributed by atoms with Crippen LogP contribution in [0.25, 0.3) is 16.9 Å². The fourth-order valence-corrected chi connectivity index (χ4v) is 3.43. The minimum Gasteiger partial charge on any atom is -0.395 e. The summed E-state index contributed by atoms with van der Waals surface area (Å²) in [6.07, 6.45) is -5.27. The number of amides is 1. The summed E-state index contributed by atoms with van der Waals surface area (Å²) in [6.45, 7) is 0. The summed E-state index contributed by atoms with van der Waals surface area (Å²) in [7, 11) is 0. The van der Waals surface area contributed by atoms with Crippen LogP contribution in [0.2, 0.25) is 0 Å². The topological polar surface area (TPSA) is 78.3 Å². The molecule has 178 valence electrons. The third kappa shape index (κ3) is 4.50. The number of nitrogens with one attached hydrogen (secondary N) is 1. The van der Waals surface area contributed by atoms with Crippen molar-refractivity contribution in [3.63, 3.8) is 0 Å². The van der Waals surface area contributed by atoms with Crippen molar-refractivity contribution in [3.05, 3.63) is 84.3 Å². The first-order valence-electron chi connectivity index (χ1n) is 9.98. The van der Waals surface area contributed by atoms with Crippen molar-refractivity contribution >= 4 is 11.6 Å². The summed E-state index contributed by atoms with van der Waals surface area (Å²) in [4.78, 5) is 16.8. The Morgan fingerprint density at radius 2 is 1.60 bits per heavy atom. The SMILES string of the molecule is O=C(Nc1ccc2c(c1)OC(F)(F)O2)c1cc(-c2ccncc2)n(-c2ccc(C(F)(F)F)cc2)n1. The molecule has 0 bridgehead atoms. The van der Waals surface area contributed by atoms with Crippen LogP contribution in [0.5, 0.6) is 11.5 Å². The minimum absolute atomic E-state index is 0.0697. The molecule has 2 aromatic heterocycles. The Balaban J connectivity index is 1.47. The molecule has 0 fully saturated rings. The Kier molecular flexibility index (Phi) is 5.15. The average Bonchev–Trinajstić information content (AvgIpc) is 3.39. The van der Waals surface area contributed by atoms with Crippen molar-refractivity contribution in [3.8, 4) is 28.4 Å². The zero-order valence-electron chi connectivity index (χ0n) is 17.4. The summed E-state index contributed by atoms with van der Waals surface area (Å²) in [5, 5.41) is 6.80. The van der Waals surface area contributed by atoms with Crippen molar-refractivity contribution in [1.29, 1.82) is 0 Å². The van der Waals surface area contributed by atoms with Crippen molar-refractivity contribution < 1.29 is 36.2 Å². The van der Waals surface area contributed by atoms with E-state index in [-0.39, 0.29) is 28.6 Å². The summed E-state index contributed by atoms with van der Waals surface area (Å²) >= 11 is 0. The maximum Gasteiger partial charge on any atom is 0.586 e. The number of ether oxygens (including phenoxy) is 2. The highest BCUT2D eigenvalue weighted by molar-refractivity contribution is 6.03. The van der Waals surface area contributed by atoms with Gasteiger partial charge in [-0.2, -0.15) is 18.3 Å². The first-order chi connectivity index (χ1) is 16.6. The van der Waals surface area contributed by atoms with Crippen LogP contribution in [0.1, 0.15) is 16.1 Å². The number of nitrogens with zero attached hydrogens (tertiary/aromatic N) is 3. The van der Waals surface area contributed by atoms with Gasteiger partial charge in [0.25, 0.3) is 5.91 Å². The largest absolute Gasteiger partial charge is 0.586 e. The predicted molar refractivity (Wildman–Crippen MR) is 112 cm³/mol. The van der Waals surface area contributed by atoms with E-state index in [2.05, 4.69) is 24.9 Å². The Labute approximate surface area is 193 Å². The molecule has 1 aliphatic heterocycles. The van der Waals surface area contributed by atoms with Crippen molar-refractivity contribution in [2.45, 2.75) is 12.5 Å². The number of halogens is 5. The van der Waals surface area contributed by atoms with E-state index in [1.165, 1.54) is 53.5 Å². The van der Waals surface area contributed by atoms with Crippen LogP contribution >= 0.6 is 0 Å². The van der Waals surface area contributed by atoms with Gasteiger partial charge in [0.05, 0.1) is 16.9 Å². The van der Waals surface area contributed by atoms with Gasteiger partial charge in [-0.25, -0.2) is 4.68 Å². The molecule has 7 nitrogen and oxygen atoms in total. The number of hydrogen-bond acceptors (Lipinski definition) is 5. The van der Waals surface area contributed by atoms with Crippen molar-refractivity contribution in [1.82, 2.24) is 14.8 Å². The lowest BCUT2D eigenvalue weighted by Gasteiger charge is -2.10. The molecule has 0 spiro atoms. The number of carbonyl (C=O) groups is 1. The van der Waals surface area contributed by atoms with E-state index in [9.17, 15) is 26.7 Å². The molecule has 0 unspecified atom stereocenters. The molecule has 1 aliphatic rings. The smallest absolute Gasteiger partial charge is 0.395 e. The monoisotopic (exact) mass is 488 g/mol.